The number of piperidine rings is 1. The van der Waals surface area contributed by atoms with Gasteiger partial charge in [0.2, 0.25) is 5.91 Å². The maximum Gasteiger partial charge on any atom is 0.227 e. The monoisotopic (exact) mass is 321 g/mol. The minimum atomic E-state index is -0.256. The molecule has 1 aromatic heterocycles. The average molecular weight is 321 g/mol. The lowest BCUT2D eigenvalue weighted by atomic mass is 9.76. The van der Waals surface area contributed by atoms with E-state index in [0.717, 1.165) is 44.2 Å². The molecule has 2 fully saturated rings. The smallest absolute Gasteiger partial charge is 0.227 e. The molecule has 0 aromatic carbocycles. The number of rotatable bonds is 3. The molecule has 1 N–H and O–H groups in total. The predicted molar refractivity (Wildman–Crippen MR) is 86.1 cm³/mol. The number of carbonyl (C=O) groups is 2. The van der Waals surface area contributed by atoms with Gasteiger partial charge < -0.3 is 10.0 Å². The highest BCUT2D eigenvalue weighted by atomic mass is 32.1. The van der Waals surface area contributed by atoms with Gasteiger partial charge in [0.05, 0.1) is 17.4 Å². The van der Waals surface area contributed by atoms with Gasteiger partial charge in [-0.2, -0.15) is 0 Å². The van der Waals surface area contributed by atoms with Gasteiger partial charge in [0.1, 0.15) is 0 Å². The molecule has 1 aliphatic heterocycles. The van der Waals surface area contributed by atoms with Crippen LogP contribution in [0.4, 0.5) is 0 Å². The summed E-state index contributed by atoms with van der Waals surface area (Å²) in [7, 11) is 0. The van der Waals surface area contributed by atoms with Crippen molar-refractivity contribution in [2.45, 2.75) is 51.6 Å². The van der Waals surface area contributed by atoms with Crippen molar-refractivity contribution in [3.8, 4) is 0 Å². The first-order valence-corrected chi connectivity index (χ1v) is 8.92. The Balaban J connectivity index is 1.65. The number of amides is 1. The summed E-state index contributed by atoms with van der Waals surface area (Å²) in [6, 6.07) is 1.83. The zero-order valence-electron chi connectivity index (χ0n) is 13.0. The molecule has 22 heavy (non-hydrogen) atoms. The molecular formula is C17H23NO3S. The van der Waals surface area contributed by atoms with E-state index in [9.17, 15) is 14.7 Å². The summed E-state index contributed by atoms with van der Waals surface area (Å²) in [5.74, 6) is 0.167. The molecule has 0 bridgehead atoms. The third-order valence-electron chi connectivity index (χ3n) is 5.18. The first-order chi connectivity index (χ1) is 10.5. The fourth-order valence-electron chi connectivity index (χ4n) is 3.91. The number of aliphatic hydroxyl groups is 1. The average Bonchev–Trinajstić information content (AvgIpc) is 3.08. The van der Waals surface area contributed by atoms with Gasteiger partial charge in [-0.25, -0.2) is 0 Å². The number of hydrogen-bond donors (Lipinski definition) is 1. The van der Waals surface area contributed by atoms with E-state index in [0.29, 0.717) is 17.8 Å². The molecule has 1 aliphatic carbocycles. The summed E-state index contributed by atoms with van der Waals surface area (Å²) < 4.78 is 0. The molecule has 1 saturated carbocycles. The Kier molecular flexibility index (Phi) is 4.37. The van der Waals surface area contributed by atoms with Crippen LogP contribution in [0.25, 0.3) is 0 Å². The van der Waals surface area contributed by atoms with E-state index in [4.69, 9.17) is 0 Å². The van der Waals surface area contributed by atoms with E-state index >= 15 is 0 Å². The van der Waals surface area contributed by atoms with E-state index < -0.39 is 0 Å². The molecule has 2 heterocycles. The first kappa shape index (κ1) is 15.7. The number of ketones is 1. The van der Waals surface area contributed by atoms with Crippen LogP contribution in [0.2, 0.25) is 0 Å². The van der Waals surface area contributed by atoms with E-state index in [2.05, 4.69) is 0 Å². The van der Waals surface area contributed by atoms with Crippen LogP contribution >= 0.6 is 11.3 Å². The van der Waals surface area contributed by atoms with E-state index in [1.54, 1.807) is 6.92 Å². The number of thiophene rings is 1. The lowest BCUT2D eigenvalue weighted by Gasteiger charge is -2.42. The minimum absolute atomic E-state index is 0.0507. The van der Waals surface area contributed by atoms with Crippen molar-refractivity contribution < 1.29 is 14.7 Å². The second-order valence-corrected chi connectivity index (χ2v) is 7.65. The van der Waals surface area contributed by atoms with Gasteiger partial charge in [-0.3, -0.25) is 9.59 Å². The molecule has 1 amide bonds. The summed E-state index contributed by atoms with van der Waals surface area (Å²) in [6.45, 7) is 3.03. The van der Waals surface area contributed by atoms with Crippen LogP contribution < -0.4 is 0 Å². The Morgan fingerprint density at radius 2 is 2.18 bits per heavy atom. The molecule has 5 heteroatoms. The molecular weight excluding hydrogens is 298 g/mol. The predicted octanol–water partition coefficient (Wildman–Crippen LogP) is 2.65. The van der Waals surface area contributed by atoms with Crippen molar-refractivity contribution in [3.05, 3.63) is 21.9 Å². The van der Waals surface area contributed by atoms with E-state index in [-0.39, 0.29) is 23.2 Å². The van der Waals surface area contributed by atoms with Crippen molar-refractivity contribution >= 4 is 23.0 Å². The van der Waals surface area contributed by atoms with Crippen LogP contribution in [-0.4, -0.2) is 40.9 Å². The second-order valence-electron chi connectivity index (χ2n) is 6.74. The third-order valence-corrected chi connectivity index (χ3v) is 6.26. The highest BCUT2D eigenvalue weighted by molar-refractivity contribution is 7.12. The lowest BCUT2D eigenvalue weighted by molar-refractivity contribution is -0.135. The van der Waals surface area contributed by atoms with Gasteiger partial charge in [-0.05, 0) is 49.6 Å². The van der Waals surface area contributed by atoms with Crippen molar-refractivity contribution in [1.29, 1.82) is 0 Å². The Morgan fingerprint density at radius 1 is 1.41 bits per heavy atom. The third kappa shape index (κ3) is 2.97. The summed E-state index contributed by atoms with van der Waals surface area (Å²) in [4.78, 5) is 26.5. The molecule has 4 nitrogen and oxygen atoms in total. The highest BCUT2D eigenvalue weighted by Gasteiger charge is 2.45. The largest absolute Gasteiger partial charge is 0.392 e. The topological polar surface area (TPSA) is 57.6 Å². The van der Waals surface area contributed by atoms with Crippen LogP contribution in [-0.2, 0) is 11.2 Å². The normalized spacial score (nSPS) is 28.3. The van der Waals surface area contributed by atoms with E-state index in [1.807, 2.05) is 16.3 Å². The van der Waals surface area contributed by atoms with E-state index in [1.165, 1.54) is 11.3 Å². The number of Topliss-reactive ketones (excluding diaryl/α,β-unsaturated/α-hetero) is 1. The standard InChI is InChI=1S/C17H23NO3S/c1-12(19)14-8-13(10-22-14)9-16(21)18-7-3-6-17(11-18)5-2-4-15(17)20/h8,10,15,20H,2-7,9,11H2,1H3/t15-,17+/m1/s1. The summed E-state index contributed by atoms with van der Waals surface area (Å²) in [5.41, 5.74) is 0.861. The lowest BCUT2D eigenvalue weighted by Crippen LogP contribution is -2.49. The number of likely N-dealkylation sites (tertiary alicyclic amines) is 1. The van der Waals surface area contributed by atoms with Crippen LogP contribution in [0.1, 0.15) is 54.3 Å². The fraction of sp³-hybridized carbons (Fsp3) is 0.647. The molecule has 120 valence electrons. The summed E-state index contributed by atoms with van der Waals surface area (Å²) in [5, 5.41) is 12.2. The van der Waals surface area contributed by atoms with Gasteiger partial charge in [0.15, 0.2) is 5.78 Å². The Labute approximate surface area is 135 Å². The molecule has 1 aromatic rings. The number of hydrogen-bond acceptors (Lipinski definition) is 4. The number of aliphatic hydroxyl groups excluding tert-OH is 1. The second kappa shape index (κ2) is 6.13. The van der Waals surface area contributed by atoms with Crippen molar-refractivity contribution in [3.63, 3.8) is 0 Å². The molecule has 1 saturated heterocycles. The molecule has 0 radical (unpaired) electrons. The Bertz CT molecular complexity index is 582. The molecule has 3 rings (SSSR count). The maximum absolute atomic E-state index is 12.6. The van der Waals surface area contributed by atoms with Gasteiger partial charge in [-0.15, -0.1) is 11.3 Å². The zero-order valence-corrected chi connectivity index (χ0v) is 13.8. The van der Waals surface area contributed by atoms with Gasteiger partial charge >= 0.3 is 0 Å². The molecule has 0 unspecified atom stereocenters. The van der Waals surface area contributed by atoms with Crippen LogP contribution in [0.15, 0.2) is 11.4 Å². The number of nitrogens with zero attached hydrogens (tertiary/aromatic N) is 1. The Hall–Kier alpha value is -1.20. The van der Waals surface area contributed by atoms with Crippen molar-refractivity contribution in [1.82, 2.24) is 4.90 Å². The van der Waals surface area contributed by atoms with Gasteiger partial charge in [0, 0.05) is 18.5 Å². The first-order valence-electron chi connectivity index (χ1n) is 8.04. The quantitative estimate of drug-likeness (QED) is 0.871. The summed E-state index contributed by atoms with van der Waals surface area (Å²) >= 11 is 1.41. The fourth-order valence-corrected chi connectivity index (χ4v) is 4.72. The van der Waals surface area contributed by atoms with Crippen molar-refractivity contribution in [2.75, 3.05) is 13.1 Å². The van der Waals surface area contributed by atoms with Crippen LogP contribution in [0, 0.1) is 5.41 Å². The molecule has 2 atom stereocenters. The van der Waals surface area contributed by atoms with Crippen LogP contribution in [0.3, 0.4) is 0 Å². The number of carbonyl (C=O) groups excluding carboxylic acids is 2. The molecule has 1 spiro atoms. The molecule has 2 aliphatic rings. The highest BCUT2D eigenvalue weighted by Crippen LogP contribution is 2.45. The van der Waals surface area contributed by atoms with Crippen molar-refractivity contribution in [2.24, 2.45) is 5.41 Å². The van der Waals surface area contributed by atoms with Gasteiger partial charge in [0.25, 0.3) is 0 Å². The summed E-state index contributed by atoms with van der Waals surface area (Å²) in [6.07, 6.45) is 5.08. The Morgan fingerprint density at radius 3 is 2.82 bits per heavy atom. The van der Waals surface area contributed by atoms with Gasteiger partial charge in [-0.1, -0.05) is 6.42 Å². The zero-order chi connectivity index (χ0) is 15.7. The minimum Gasteiger partial charge on any atom is -0.392 e. The SMILES string of the molecule is CC(=O)c1cc(CC(=O)N2CCC[C@@]3(CCC[C@H]3O)C2)cs1. The maximum atomic E-state index is 12.6. The van der Waals surface area contributed by atoms with Crippen LogP contribution in [0.5, 0.6) is 0 Å².